The van der Waals surface area contributed by atoms with Crippen molar-refractivity contribution < 1.29 is 9.53 Å². The highest BCUT2D eigenvalue weighted by atomic mass is 16.5. The molecule has 0 fully saturated rings. The van der Waals surface area contributed by atoms with Gasteiger partial charge in [0.1, 0.15) is 6.61 Å². The van der Waals surface area contributed by atoms with Gasteiger partial charge in [0, 0.05) is 12.1 Å². The van der Waals surface area contributed by atoms with Crippen LogP contribution in [0.25, 0.3) is 11.1 Å². The minimum Gasteiger partial charge on any atom is -0.448 e. The van der Waals surface area contributed by atoms with Gasteiger partial charge in [-0.05, 0) is 28.7 Å². The Morgan fingerprint density at radius 1 is 1.08 bits per heavy atom. The summed E-state index contributed by atoms with van der Waals surface area (Å²) < 4.78 is 5.44. The van der Waals surface area contributed by atoms with Crippen molar-refractivity contribution in [2.24, 2.45) is 0 Å². The molecule has 0 unspecified atom stereocenters. The third-order valence-electron chi connectivity index (χ3n) is 4.39. The van der Waals surface area contributed by atoms with E-state index in [0.29, 0.717) is 6.61 Å². The molecule has 0 radical (unpaired) electrons. The van der Waals surface area contributed by atoms with Crippen LogP contribution in [0.15, 0.2) is 60.8 Å². The minimum absolute atomic E-state index is 0.104. The van der Waals surface area contributed by atoms with Crippen molar-refractivity contribution in [3.8, 4) is 11.1 Å². The van der Waals surface area contributed by atoms with Gasteiger partial charge in [-0.2, -0.15) is 0 Å². The Hall–Kier alpha value is -2.55. The van der Waals surface area contributed by atoms with E-state index in [0.717, 1.165) is 19.3 Å². The zero-order chi connectivity index (χ0) is 16.8. The van der Waals surface area contributed by atoms with Crippen molar-refractivity contribution in [2.45, 2.75) is 32.1 Å². The van der Waals surface area contributed by atoms with Gasteiger partial charge in [-0.15, -0.1) is 0 Å². The Bertz CT molecular complexity index is 691. The molecule has 2 aromatic rings. The number of unbranched alkanes of at least 4 members (excludes halogenated alkanes) is 2. The van der Waals surface area contributed by atoms with Crippen molar-refractivity contribution in [3.05, 3.63) is 71.9 Å². The second kappa shape index (κ2) is 7.82. The Balaban J connectivity index is 1.63. The normalized spacial score (nSPS) is 12.9. The van der Waals surface area contributed by atoms with E-state index in [1.807, 2.05) is 30.3 Å². The van der Waals surface area contributed by atoms with E-state index in [-0.39, 0.29) is 5.92 Å². The zero-order valence-electron chi connectivity index (χ0n) is 14.0. The second-order valence-corrected chi connectivity index (χ2v) is 6.01. The van der Waals surface area contributed by atoms with E-state index in [2.05, 4.69) is 36.5 Å². The van der Waals surface area contributed by atoms with Gasteiger partial charge in [0.25, 0.3) is 0 Å². The summed E-state index contributed by atoms with van der Waals surface area (Å²) in [5, 5.41) is 2.67. The smallest absolute Gasteiger partial charge is 0.411 e. The lowest BCUT2D eigenvalue weighted by atomic mass is 9.98. The molecule has 3 rings (SSSR count). The lowest BCUT2D eigenvalue weighted by molar-refractivity contribution is 0.147. The molecule has 0 bridgehead atoms. The first-order valence-corrected chi connectivity index (χ1v) is 8.57. The van der Waals surface area contributed by atoms with E-state index in [9.17, 15) is 4.79 Å². The Labute approximate surface area is 143 Å². The number of carbonyl (C=O) groups excluding carboxylic acids is 1. The van der Waals surface area contributed by atoms with Gasteiger partial charge in [0.05, 0.1) is 0 Å². The Morgan fingerprint density at radius 3 is 2.33 bits per heavy atom. The van der Waals surface area contributed by atoms with Crippen LogP contribution in [0.2, 0.25) is 0 Å². The monoisotopic (exact) mass is 321 g/mol. The number of benzene rings is 2. The van der Waals surface area contributed by atoms with Gasteiger partial charge in [-0.1, -0.05) is 74.4 Å². The summed E-state index contributed by atoms with van der Waals surface area (Å²) in [4.78, 5) is 11.9. The van der Waals surface area contributed by atoms with Gasteiger partial charge in [0.2, 0.25) is 0 Å². The van der Waals surface area contributed by atoms with Gasteiger partial charge >= 0.3 is 6.09 Å². The van der Waals surface area contributed by atoms with E-state index >= 15 is 0 Å². The molecule has 0 spiro atoms. The summed E-state index contributed by atoms with van der Waals surface area (Å²) in [6, 6.07) is 16.7. The van der Waals surface area contributed by atoms with Crippen LogP contribution in [0.5, 0.6) is 0 Å². The van der Waals surface area contributed by atoms with Crippen molar-refractivity contribution in [1.29, 1.82) is 0 Å². The number of rotatable bonds is 6. The van der Waals surface area contributed by atoms with Gasteiger partial charge in [-0.25, -0.2) is 4.79 Å². The minimum atomic E-state index is -0.399. The Kier molecular flexibility index (Phi) is 5.32. The van der Waals surface area contributed by atoms with Crippen LogP contribution < -0.4 is 5.32 Å². The number of nitrogens with one attached hydrogen (secondary N) is 1. The van der Waals surface area contributed by atoms with Crippen molar-refractivity contribution in [2.75, 3.05) is 6.61 Å². The van der Waals surface area contributed by atoms with Crippen LogP contribution in [-0.2, 0) is 4.74 Å². The SMILES string of the molecule is CCCCC=CNC(=O)OCC1c2ccccc2-c2ccccc21. The lowest BCUT2D eigenvalue weighted by Gasteiger charge is -2.13. The average molecular weight is 321 g/mol. The number of amides is 1. The molecule has 124 valence electrons. The maximum Gasteiger partial charge on any atom is 0.411 e. The predicted octanol–water partition coefficient (Wildman–Crippen LogP) is 5.23. The van der Waals surface area contributed by atoms with Gasteiger partial charge in [0.15, 0.2) is 0 Å². The van der Waals surface area contributed by atoms with Gasteiger partial charge in [-0.3, -0.25) is 5.32 Å². The van der Waals surface area contributed by atoms with Crippen LogP contribution >= 0.6 is 0 Å². The number of allylic oxidation sites excluding steroid dienone is 1. The van der Waals surface area contributed by atoms with Crippen LogP contribution in [0.1, 0.15) is 43.2 Å². The number of alkyl carbamates (subject to hydrolysis) is 1. The summed E-state index contributed by atoms with van der Waals surface area (Å²) in [6.07, 6.45) is 6.49. The summed E-state index contributed by atoms with van der Waals surface area (Å²) in [6.45, 7) is 2.50. The summed E-state index contributed by atoms with van der Waals surface area (Å²) in [5.74, 6) is 0.104. The molecule has 1 N–H and O–H groups in total. The number of ether oxygens (including phenoxy) is 1. The fourth-order valence-corrected chi connectivity index (χ4v) is 3.17. The van der Waals surface area contributed by atoms with Crippen LogP contribution in [0.3, 0.4) is 0 Å². The highest BCUT2D eigenvalue weighted by Gasteiger charge is 2.28. The molecule has 1 aliphatic rings. The molecule has 2 aromatic carbocycles. The molecule has 3 nitrogen and oxygen atoms in total. The molecule has 1 amide bonds. The molecule has 1 aliphatic carbocycles. The number of hydrogen-bond donors (Lipinski definition) is 1. The number of fused-ring (bicyclic) bond motifs is 3. The number of carbonyl (C=O) groups is 1. The number of hydrogen-bond acceptors (Lipinski definition) is 2. The molecular formula is C21H23NO2. The van der Waals surface area contributed by atoms with E-state index < -0.39 is 6.09 Å². The standard InChI is InChI=1S/C21H23NO2/c1-2-3-4-9-14-22-21(23)24-15-20-18-12-7-5-10-16(18)17-11-6-8-13-19(17)20/h5-14,20H,2-4,15H2,1H3,(H,22,23). The highest BCUT2D eigenvalue weighted by molar-refractivity contribution is 5.79. The van der Waals surface area contributed by atoms with Crippen molar-refractivity contribution >= 4 is 6.09 Å². The molecule has 0 atom stereocenters. The molecule has 3 heteroatoms. The van der Waals surface area contributed by atoms with Crippen molar-refractivity contribution in [3.63, 3.8) is 0 Å². The molecule has 24 heavy (non-hydrogen) atoms. The van der Waals surface area contributed by atoms with Gasteiger partial charge < -0.3 is 4.74 Å². The summed E-state index contributed by atoms with van der Waals surface area (Å²) >= 11 is 0. The molecule has 0 aliphatic heterocycles. The van der Waals surface area contributed by atoms with Crippen molar-refractivity contribution in [1.82, 2.24) is 5.32 Å². The average Bonchev–Trinajstić information content (AvgIpc) is 2.94. The molecule has 0 saturated carbocycles. The molecule has 0 aromatic heterocycles. The highest BCUT2D eigenvalue weighted by Crippen LogP contribution is 2.44. The first-order chi connectivity index (χ1) is 11.8. The third-order valence-corrected chi connectivity index (χ3v) is 4.39. The Morgan fingerprint density at radius 2 is 1.71 bits per heavy atom. The second-order valence-electron chi connectivity index (χ2n) is 6.01. The fraction of sp³-hybridized carbons (Fsp3) is 0.286. The largest absolute Gasteiger partial charge is 0.448 e. The first kappa shape index (κ1) is 16.3. The fourth-order valence-electron chi connectivity index (χ4n) is 3.17. The molecule has 0 saturated heterocycles. The topological polar surface area (TPSA) is 38.3 Å². The summed E-state index contributed by atoms with van der Waals surface area (Å²) in [7, 11) is 0. The van der Waals surface area contributed by atoms with Crippen LogP contribution in [0.4, 0.5) is 4.79 Å². The third kappa shape index (κ3) is 3.51. The zero-order valence-corrected chi connectivity index (χ0v) is 14.0. The van der Waals surface area contributed by atoms with Crippen LogP contribution in [-0.4, -0.2) is 12.7 Å². The van der Waals surface area contributed by atoms with E-state index in [4.69, 9.17) is 4.74 Å². The van der Waals surface area contributed by atoms with Crippen LogP contribution in [0, 0.1) is 0 Å². The lowest BCUT2D eigenvalue weighted by Crippen LogP contribution is -2.21. The van der Waals surface area contributed by atoms with E-state index in [1.54, 1.807) is 6.20 Å². The maximum absolute atomic E-state index is 11.9. The first-order valence-electron chi connectivity index (χ1n) is 8.57. The van der Waals surface area contributed by atoms with E-state index in [1.165, 1.54) is 22.3 Å². The predicted molar refractivity (Wildman–Crippen MR) is 96.9 cm³/mol. The molecular weight excluding hydrogens is 298 g/mol. The summed E-state index contributed by atoms with van der Waals surface area (Å²) in [5.41, 5.74) is 4.93. The quantitative estimate of drug-likeness (QED) is 0.740. The maximum atomic E-state index is 11.9. The molecule has 0 heterocycles.